The maximum absolute atomic E-state index is 5.18. The highest BCUT2D eigenvalue weighted by molar-refractivity contribution is 6.11. The summed E-state index contributed by atoms with van der Waals surface area (Å²) in [6.07, 6.45) is 8.71. The molecule has 5 nitrogen and oxygen atoms in total. The minimum atomic E-state index is 0.624. The summed E-state index contributed by atoms with van der Waals surface area (Å²) in [5, 5.41) is 0.998. The molecule has 0 saturated heterocycles. The standard InChI is InChI=1S/C36H25N5/c1-4-13-24(14-5-1)29-23-30(25-15-6-2-7-16-25)39-36(38-29)41-31-21-11-10-19-27(31)34-33-28(20-12-22-32(33)41)37-35(40-34)26-17-8-3-9-18-26/h1,3-6,8-23H,2,7H2. The Bertz CT molecular complexity index is 1990. The number of hydrogen-bond donors (Lipinski definition) is 0. The molecule has 0 bridgehead atoms. The Balaban J connectivity index is 1.39. The van der Waals surface area contributed by atoms with Crippen LogP contribution in [0, 0.1) is 0 Å². The van der Waals surface area contributed by atoms with Crippen LogP contribution in [0.2, 0.25) is 0 Å². The van der Waals surface area contributed by atoms with Gasteiger partial charge >= 0.3 is 0 Å². The molecular weight excluding hydrogens is 502 g/mol. The highest BCUT2D eigenvalue weighted by Crippen LogP contribution is 2.49. The normalized spacial score (nSPS) is 13.7. The lowest BCUT2D eigenvalue weighted by atomic mass is 9.97. The lowest BCUT2D eigenvalue weighted by Crippen LogP contribution is -2.19. The molecule has 0 fully saturated rings. The predicted octanol–water partition coefficient (Wildman–Crippen LogP) is 8.94. The van der Waals surface area contributed by atoms with Gasteiger partial charge in [-0.15, -0.1) is 0 Å². The molecular formula is C36H25N5. The molecule has 6 aromatic rings. The third-order valence-corrected chi connectivity index (χ3v) is 7.65. The van der Waals surface area contributed by atoms with Crippen LogP contribution in [0.4, 0.5) is 17.3 Å². The van der Waals surface area contributed by atoms with Crippen molar-refractivity contribution in [2.24, 2.45) is 0 Å². The SMILES string of the molecule is C1=CC(c2cc(-c3ccccc3)nc(N3c4ccccc4-c4nc(-c5ccccc5)nc5cccc3c45)n2)=CCC1. The third kappa shape index (κ3) is 4.02. The molecule has 2 aliphatic rings. The summed E-state index contributed by atoms with van der Waals surface area (Å²) in [6.45, 7) is 0. The van der Waals surface area contributed by atoms with E-state index >= 15 is 0 Å². The van der Waals surface area contributed by atoms with Crippen molar-refractivity contribution in [1.82, 2.24) is 19.9 Å². The largest absolute Gasteiger partial charge is 0.278 e. The summed E-state index contributed by atoms with van der Waals surface area (Å²) in [5.74, 6) is 1.34. The zero-order chi connectivity index (χ0) is 27.2. The van der Waals surface area contributed by atoms with E-state index in [1.165, 1.54) is 0 Å². The molecule has 1 aliphatic heterocycles. The minimum absolute atomic E-state index is 0.624. The number of aromatic nitrogens is 4. The summed E-state index contributed by atoms with van der Waals surface area (Å²) in [7, 11) is 0. The minimum Gasteiger partial charge on any atom is -0.278 e. The van der Waals surface area contributed by atoms with Crippen LogP contribution in [0.15, 0.2) is 127 Å². The van der Waals surface area contributed by atoms with Gasteiger partial charge in [-0.1, -0.05) is 103 Å². The lowest BCUT2D eigenvalue weighted by Gasteiger charge is -2.31. The Hall–Kier alpha value is -5.42. The number of hydrogen-bond acceptors (Lipinski definition) is 5. The van der Waals surface area contributed by atoms with E-state index in [-0.39, 0.29) is 0 Å². The summed E-state index contributed by atoms with van der Waals surface area (Å²) in [6, 6.07) is 37.2. The van der Waals surface area contributed by atoms with Crippen LogP contribution in [-0.2, 0) is 0 Å². The van der Waals surface area contributed by atoms with Gasteiger partial charge in [-0.2, -0.15) is 0 Å². The van der Waals surface area contributed by atoms with E-state index in [1.54, 1.807) is 0 Å². The van der Waals surface area contributed by atoms with Gasteiger partial charge in [0.1, 0.15) is 0 Å². The highest BCUT2D eigenvalue weighted by Gasteiger charge is 2.30. The van der Waals surface area contributed by atoms with Crippen molar-refractivity contribution in [1.29, 1.82) is 0 Å². The molecule has 1 aliphatic carbocycles. The molecule has 0 N–H and O–H groups in total. The summed E-state index contributed by atoms with van der Waals surface area (Å²) < 4.78 is 0. The molecule has 2 aromatic heterocycles. The van der Waals surface area contributed by atoms with Crippen LogP contribution in [-0.4, -0.2) is 19.9 Å². The van der Waals surface area contributed by atoms with Gasteiger partial charge < -0.3 is 0 Å². The van der Waals surface area contributed by atoms with E-state index in [1.807, 2.05) is 36.4 Å². The molecule has 8 rings (SSSR count). The molecule has 4 aromatic carbocycles. The second-order valence-corrected chi connectivity index (χ2v) is 10.2. The van der Waals surface area contributed by atoms with E-state index in [0.717, 1.165) is 74.5 Å². The van der Waals surface area contributed by atoms with Gasteiger partial charge in [-0.25, -0.2) is 19.9 Å². The topological polar surface area (TPSA) is 54.8 Å². The smallest absolute Gasteiger partial charge is 0.235 e. The van der Waals surface area contributed by atoms with Crippen molar-refractivity contribution >= 4 is 33.8 Å². The molecule has 3 heterocycles. The monoisotopic (exact) mass is 527 g/mol. The first-order valence-corrected chi connectivity index (χ1v) is 13.9. The Morgan fingerprint density at radius 1 is 0.585 bits per heavy atom. The number of para-hydroxylation sites is 1. The molecule has 0 spiro atoms. The lowest BCUT2D eigenvalue weighted by molar-refractivity contribution is 1.03. The fourth-order valence-electron chi connectivity index (χ4n) is 5.72. The van der Waals surface area contributed by atoms with Crippen LogP contribution < -0.4 is 4.90 Å². The zero-order valence-corrected chi connectivity index (χ0v) is 22.3. The molecule has 0 radical (unpaired) electrons. The Morgan fingerprint density at radius 2 is 1.32 bits per heavy atom. The fourth-order valence-corrected chi connectivity index (χ4v) is 5.72. The van der Waals surface area contributed by atoms with Crippen molar-refractivity contribution in [3.63, 3.8) is 0 Å². The van der Waals surface area contributed by atoms with Crippen LogP contribution in [0.5, 0.6) is 0 Å². The average Bonchev–Trinajstić information content (AvgIpc) is 3.06. The van der Waals surface area contributed by atoms with E-state index < -0.39 is 0 Å². The molecule has 194 valence electrons. The zero-order valence-electron chi connectivity index (χ0n) is 22.3. The van der Waals surface area contributed by atoms with Gasteiger partial charge in [0.15, 0.2) is 5.82 Å². The van der Waals surface area contributed by atoms with Crippen LogP contribution in [0.25, 0.3) is 50.4 Å². The Morgan fingerprint density at radius 3 is 2.12 bits per heavy atom. The van der Waals surface area contributed by atoms with Crippen molar-refractivity contribution in [3.05, 3.63) is 133 Å². The van der Waals surface area contributed by atoms with Crippen LogP contribution >= 0.6 is 0 Å². The number of anilines is 3. The average molecular weight is 528 g/mol. The van der Waals surface area contributed by atoms with Crippen molar-refractivity contribution in [2.45, 2.75) is 12.8 Å². The van der Waals surface area contributed by atoms with E-state index in [0.29, 0.717) is 11.8 Å². The first kappa shape index (κ1) is 23.5. The van der Waals surface area contributed by atoms with Gasteiger partial charge in [0.2, 0.25) is 5.95 Å². The van der Waals surface area contributed by atoms with Crippen molar-refractivity contribution in [3.8, 4) is 33.9 Å². The number of rotatable bonds is 4. The first-order chi connectivity index (χ1) is 20.3. The molecule has 0 unspecified atom stereocenters. The van der Waals surface area contributed by atoms with Crippen LogP contribution in [0.3, 0.4) is 0 Å². The van der Waals surface area contributed by atoms with Gasteiger partial charge in [0.25, 0.3) is 0 Å². The molecule has 0 atom stereocenters. The second kappa shape index (κ2) is 9.65. The number of allylic oxidation sites excluding steroid dienone is 4. The Labute approximate surface area is 238 Å². The first-order valence-electron chi connectivity index (χ1n) is 13.9. The summed E-state index contributed by atoms with van der Waals surface area (Å²) >= 11 is 0. The van der Waals surface area contributed by atoms with E-state index in [2.05, 4.69) is 95.9 Å². The summed E-state index contributed by atoms with van der Waals surface area (Å²) in [5.41, 5.74) is 9.78. The molecule has 0 saturated carbocycles. The van der Waals surface area contributed by atoms with Gasteiger partial charge in [0, 0.05) is 16.7 Å². The van der Waals surface area contributed by atoms with Crippen molar-refractivity contribution in [2.75, 3.05) is 4.90 Å². The molecule has 0 amide bonds. The number of fused-ring (bicyclic) bond motifs is 2. The number of nitrogens with zero attached hydrogens (tertiary/aromatic N) is 5. The highest BCUT2D eigenvalue weighted by atomic mass is 15.3. The molecule has 5 heteroatoms. The second-order valence-electron chi connectivity index (χ2n) is 10.2. The van der Waals surface area contributed by atoms with Gasteiger partial charge in [-0.05, 0) is 42.7 Å². The maximum Gasteiger partial charge on any atom is 0.235 e. The van der Waals surface area contributed by atoms with E-state index in [9.17, 15) is 0 Å². The molecule has 41 heavy (non-hydrogen) atoms. The number of benzene rings is 4. The Kier molecular flexibility index (Phi) is 5.52. The fraction of sp³-hybridized carbons (Fsp3) is 0.0556. The van der Waals surface area contributed by atoms with Gasteiger partial charge in [-0.3, -0.25) is 4.90 Å². The summed E-state index contributed by atoms with van der Waals surface area (Å²) in [4.78, 5) is 22.7. The third-order valence-electron chi connectivity index (χ3n) is 7.65. The van der Waals surface area contributed by atoms with E-state index in [4.69, 9.17) is 19.9 Å². The van der Waals surface area contributed by atoms with Crippen LogP contribution in [0.1, 0.15) is 18.5 Å². The maximum atomic E-state index is 5.18. The predicted molar refractivity (Wildman–Crippen MR) is 166 cm³/mol. The van der Waals surface area contributed by atoms with Gasteiger partial charge in [0.05, 0.1) is 39.4 Å². The quantitative estimate of drug-likeness (QED) is 0.229. The van der Waals surface area contributed by atoms with Crippen molar-refractivity contribution < 1.29 is 0 Å².